The van der Waals surface area contributed by atoms with Crippen LogP contribution in [0.4, 0.5) is 0 Å². The molecule has 15 nitrogen and oxygen atoms in total. The first-order valence-electron chi connectivity index (χ1n) is 9.34. The average molecular weight is 454 g/mol. The van der Waals surface area contributed by atoms with Crippen molar-refractivity contribution in [3.8, 4) is 0 Å². The number of nitrogens with two attached hydrogens (primary N) is 3. The van der Waals surface area contributed by atoms with E-state index in [1.165, 1.54) is 19.4 Å². The number of hydrogen-bond donors (Lipinski definition) is 8. The van der Waals surface area contributed by atoms with Crippen molar-refractivity contribution in [3.63, 3.8) is 0 Å². The van der Waals surface area contributed by atoms with Crippen molar-refractivity contribution in [2.75, 3.05) is 0 Å². The molecular weight excluding hydrogens is 428 g/mol. The molecule has 1 rings (SSSR count). The number of imidazole rings is 1. The zero-order chi connectivity index (χ0) is 24.4. The summed E-state index contributed by atoms with van der Waals surface area (Å²) in [5.41, 5.74) is 16.0. The van der Waals surface area contributed by atoms with Crippen molar-refractivity contribution in [1.82, 2.24) is 25.9 Å². The summed E-state index contributed by atoms with van der Waals surface area (Å²) in [7, 11) is 0. The van der Waals surface area contributed by atoms with Crippen LogP contribution in [0.2, 0.25) is 0 Å². The molecule has 0 radical (unpaired) electrons. The standard InChI is InChI=1S/C17H26N8O7/c1-7(18)14(28)23-10(3-12(19)26)16(30)24-9(2-8-5-21-6-22-8)15(29)25-11(17(31)32)4-13(20)27/h5-7,9-11H,2-4,18H2,1H3,(H2,19,26)(H2,20,27)(H,21,22)(H,23,28)(H,24,30)(H,25,29)(H,31,32). The highest BCUT2D eigenvalue weighted by Crippen LogP contribution is 2.03. The van der Waals surface area contributed by atoms with E-state index < -0.39 is 72.5 Å². The first kappa shape index (κ1) is 26.0. The van der Waals surface area contributed by atoms with Gasteiger partial charge in [0, 0.05) is 18.3 Å². The minimum absolute atomic E-state index is 0.162. The molecule has 0 saturated carbocycles. The van der Waals surface area contributed by atoms with E-state index in [-0.39, 0.29) is 6.42 Å². The number of primary amides is 2. The molecule has 4 unspecified atom stereocenters. The molecule has 176 valence electrons. The normalized spacial score (nSPS) is 14.3. The lowest BCUT2D eigenvalue weighted by atomic mass is 10.1. The van der Waals surface area contributed by atoms with Gasteiger partial charge in [0.15, 0.2) is 0 Å². The Morgan fingerprint density at radius 2 is 1.44 bits per heavy atom. The Balaban J connectivity index is 3.07. The second-order valence-corrected chi connectivity index (χ2v) is 6.93. The smallest absolute Gasteiger partial charge is 0.326 e. The van der Waals surface area contributed by atoms with Crippen LogP contribution in [0.1, 0.15) is 25.5 Å². The molecule has 1 heterocycles. The van der Waals surface area contributed by atoms with Gasteiger partial charge in [-0.2, -0.15) is 0 Å². The average Bonchev–Trinajstić information content (AvgIpc) is 3.18. The van der Waals surface area contributed by atoms with Crippen LogP contribution in [-0.4, -0.2) is 74.7 Å². The zero-order valence-electron chi connectivity index (χ0n) is 17.2. The fourth-order valence-corrected chi connectivity index (χ4v) is 2.49. The molecule has 0 aliphatic carbocycles. The molecule has 32 heavy (non-hydrogen) atoms. The Morgan fingerprint density at radius 1 is 0.938 bits per heavy atom. The number of aromatic nitrogens is 2. The number of amides is 5. The Labute approximate surface area is 181 Å². The quantitative estimate of drug-likeness (QED) is 0.143. The third kappa shape index (κ3) is 8.78. The van der Waals surface area contributed by atoms with Gasteiger partial charge in [0.05, 0.1) is 25.2 Å². The number of aliphatic carboxylic acids is 1. The number of carboxylic acids is 1. The molecule has 0 bridgehead atoms. The number of aromatic amines is 1. The molecule has 0 fully saturated rings. The van der Waals surface area contributed by atoms with E-state index in [1.807, 2.05) is 0 Å². The van der Waals surface area contributed by atoms with Crippen LogP contribution in [0.15, 0.2) is 12.5 Å². The van der Waals surface area contributed by atoms with E-state index in [2.05, 4.69) is 25.9 Å². The lowest BCUT2D eigenvalue weighted by Crippen LogP contribution is -2.58. The van der Waals surface area contributed by atoms with Gasteiger partial charge < -0.3 is 43.2 Å². The van der Waals surface area contributed by atoms with Crippen LogP contribution in [0, 0.1) is 0 Å². The summed E-state index contributed by atoms with van der Waals surface area (Å²) in [6.45, 7) is 1.35. The van der Waals surface area contributed by atoms with Crippen LogP contribution in [-0.2, 0) is 35.2 Å². The van der Waals surface area contributed by atoms with Crippen LogP contribution in [0.5, 0.6) is 0 Å². The van der Waals surface area contributed by atoms with E-state index in [4.69, 9.17) is 17.2 Å². The third-order valence-corrected chi connectivity index (χ3v) is 4.08. The van der Waals surface area contributed by atoms with Crippen molar-refractivity contribution in [3.05, 3.63) is 18.2 Å². The summed E-state index contributed by atoms with van der Waals surface area (Å²) < 4.78 is 0. The maximum atomic E-state index is 12.7. The Bertz CT molecular complexity index is 855. The van der Waals surface area contributed by atoms with Crippen molar-refractivity contribution < 1.29 is 33.9 Å². The lowest BCUT2D eigenvalue weighted by molar-refractivity contribution is -0.143. The summed E-state index contributed by atoms with van der Waals surface area (Å²) in [5.74, 6) is -6.03. The van der Waals surface area contributed by atoms with Crippen molar-refractivity contribution in [2.45, 2.75) is 50.4 Å². The topological polar surface area (TPSA) is 265 Å². The summed E-state index contributed by atoms with van der Waals surface area (Å²) in [5, 5.41) is 15.9. The van der Waals surface area contributed by atoms with Gasteiger partial charge in [-0.1, -0.05) is 0 Å². The highest BCUT2D eigenvalue weighted by Gasteiger charge is 2.31. The van der Waals surface area contributed by atoms with E-state index in [1.54, 1.807) is 0 Å². The molecule has 11 N–H and O–H groups in total. The molecule has 0 spiro atoms. The molecule has 15 heteroatoms. The van der Waals surface area contributed by atoms with Gasteiger partial charge in [0.25, 0.3) is 0 Å². The lowest BCUT2D eigenvalue weighted by Gasteiger charge is -2.24. The van der Waals surface area contributed by atoms with Crippen molar-refractivity contribution in [2.24, 2.45) is 17.2 Å². The zero-order valence-corrected chi connectivity index (χ0v) is 17.2. The van der Waals surface area contributed by atoms with Gasteiger partial charge in [-0.25, -0.2) is 9.78 Å². The van der Waals surface area contributed by atoms with E-state index in [0.717, 1.165) is 0 Å². The number of carbonyl (C=O) groups is 6. The van der Waals surface area contributed by atoms with Gasteiger partial charge in [-0.15, -0.1) is 0 Å². The molecule has 0 aliphatic heterocycles. The largest absolute Gasteiger partial charge is 0.480 e. The van der Waals surface area contributed by atoms with Crippen LogP contribution >= 0.6 is 0 Å². The Morgan fingerprint density at radius 3 is 1.91 bits per heavy atom. The van der Waals surface area contributed by atoms with Crippen LogP contribution in [0.3, 0.4) is 0 Å². The molecule has 1 aromatic rings. The minimum atomic E-state index is -1.64. The first-order valence-corrected chi connectivity index (χ1v) is 9.34. The molecule has 5 amide bonds. The van der Waals surface area contributed by atoms with E-state index in [9.17, 15) is 33.9 Å². The SMILES string of the molecule is CC(N)C(=O)NC(CC(N)=O)C(=O)NC(Cc1cnc[nH]1)C(=O)NC(CC(N)=O)C(=O)O. The Kier molecular flexibility index (Phi) is 9.75. The van der Waals surface area contributed by atoms with Gasteiger partial charge >= 0.3 is 5.97 Å². The summed E-state index contributed by atoms with van der Waals surface area (Å²) in [6.07, 6.45) is 1.26. The van der Waals surface area contributed by atoms with Gasteiger partial charge in [0.1, 0.15) is 18.1 Å². The predicted molar refractivity (Wildman–Crippen MR) is 107 cm³/mol. The number of H-pyrrole nitrogens is 1. The Hall–Kier alpha value is -4.01. The van der Waals surface area contributed by atoms with Gasteiger partial charge in [0.2, 0.25) is 29.5 Å². The second-order valence-electron chi connectivity index (χ2n) is 6.93. The van der Waals surface area contributed by atoms with Gasteiger partial charge in [-0.05, 0) is 6.92 Å². The van der Waals surface area contributed by atoms with Crippen molar-refractivity contribution in [1.29, 1.82) is 0 Å². The number of nitrogens with one attached hydrogen (secondary N) is 4. The molecule has 4 atom stereocenters. The van der Waals surface area contributed by atoms with E-state index >= 15 is 0 Å². The van der Waals surface area contributed by atoms with E-state index in [0.29, 0.717) is 5.69 Å². The third-order valence-electron chi connectivity index (χ3n) is 4.08. The fourth-order valence-electron chi connectivity index (χ4n) is 2.49. The maximum Gasteiger partial charge on any atom is 0.326 e. The highest BCUT2D eigenvalue weighted by molar-refractivity contribution is 5.96. The molecule has 0 saturated heterocycles. The minimum Gasteiger partial charge on any atom is -0.480 e. The van der Waals surface area contributed by atoms with Crippen LogP contribution < -0.4 is 33.2 Å². The van der Waals surface area contributed by atoms with Crippen LogP contribution in [0.25, 0.3) is 0 Å². The molecule has 0 aromatic carbocycles. The molecular formula is C17H26N8O7. The summed E-state index contributed by atoms with van der Waals surface area (Å²) in [4.78, 5) is 77.5. The fraction of sp³-hybridized carbons (Fsp3) is 0.471. The summed E-state index contributed by atoms with van der Waals surface area (Å²) in [6, 6.07) is -5.45. The first-order chi connectivity index (χ1) is 14.9. The monoisotopic (exact) mass is 454 g/mol. The number of rotatable bonds is 13. The predicted octanol–water partition coefficient (Wildman–Crippen LogP) is -4.41. The number of hydrogen-bond acceptors (Lipinski definition) is 8. The molecule has 1 aromatic heterocycles. The number of carboxylic acid groups (broad SMARTS) is 1. The highest BCUT2D eigenvalue weighted by atomic mass is 16.4. The number of carbonyl (C=O) groups excluding carboxylic acids is 5. The van der Waals surface area contributed by atoms with Gasteiger partial charge in [-0.3, -0.25) is 24.0 Å². The second kappa shape index (κ2) is 12.0. The van der Waals surface area contributed by atoms with Crippen molar-refractivity contribution >= 4 is 35.5 Å². The maximum absolute atomic E-state index is 12.7. The summed E-state index contributed by atoms with van der Waals surface area (Å²) >= 11 is 0. The molecule has 0 aliphatic rings. The number of nitrogens with zero attached hydrogens (tertiary/aromatic N) is 1.